The molecule has 0 bridgehead atoms. The highest BCUT2D eigenvalue weighted by Gasteiger charge is 2.17. The molecule has 0 aromatic heterocycles. The van der Waals surface area contributed by atoms with Crippen LogP contribution in [0.3, 0.4) is 0 Å². The summed E-state index contributed by atoms with van der Waals surface area (Å²) in [5.74, 6) is 1.47. The number of hydrazine groups is 1. The van der Waals surface area contributed by atoms with Gasteiger partial charge in [-0.3, -0.25) is 5.43 Å². The minimum Gasteiger partial charge on any atom is -0.490 e. The summed E-state index contributed by atoms with van der Waals surface area (Å²) in [7, 11) is 0. The minimum atomic E-state index is -0.521. The molecule has 1 aliphatic rings. The van der Waals surface area contributed by atoms with E-state index in [2.05, 4.69) is 10.9 Å². The van der Waals surface area contributed by atoms with Crippen LogP contribution < -0.4 is 20.3 Å². The standard InChI is InChI=1S/C15H22N2O4/c1-15(2,3)21-14(18)17-16-10-11-6-4-7-12-13(11)20-9-5-8-19-12/h4,6-7,16H,5,8-10H2,1-3H3,(H,17,18). The second-order valence-corrected chi connectivity index (χ2v) is 5.78. The summed E-state index contributed by atoms with van der Waals surface area (Å²) in [6, 6.07) is 5.71. The number of nitrogens with one attached hydrogen (secondary N) is 2. The molecule has 116 valence electrons. The van der Waals surface area contributed by atoms with Crippen molar-refractivity contribution in [3.63, 3.8) is 0 Å². The summed E-state index contributed by atoms with van der Waals surface area (Å²) in [4.78, 5) is 11.5. The molecule has 1 aromatic carbocycles. The fourth-order valence-corrected chi connectivity index (χ4v) is 1.91. The number of rotatable bonds is 3. The molecule has 0 spiro atoms. The van der Waals surface area contributed by atoms with Crippen molar-refractivity contribution in [2.24, 2.45) is 0 Å². The summed E-state index contributed by atoms with van der Waals surface area (Å²) in [6.07, 6.45) is 0.347. The van der Waals surface area contributed by atoms with Crippen LogP contribution in [0.25, 0.3) is 0 Å². The normalized spacial score (nSPS) is 14.2. The number of hydrogen-bond acceptors (Lipinski definition) is 5. The van der Waals surface area contributed by atoms with E-state index in [0.717, 1.165) is 23.5 Å². The second-order valence-electron chi connectivity index (χ2n) is 5.78. The van der Waals surface area contributed by atoms with Gasteiger partial charge in [-0.15, -0.1) is 0 Å². The predicted molar refractivity (Wildman–Crippen MR) is 78.3 cm³/mol. The highest BCUT2D eigenvalue weighted by Crippen LogP contribution is 2.32. The summed E-state index contributed by atoms with van der Waals surface area (Å²) in [5, 5.41) is 0. The highest BCUT2D eigenvalue weighted by atomic mass is 16.6. The molecule has 1 heterocycles. The fourth-order valence-electron chi connectivity index (χ4n) is 1.91. The first-order chi connectivity index (χ1) is 9.96. The van der Waals surface area contributed by atoms with Gasteiger partial charge in [-0.2, -0.15) is 0 Å². The monoisotopic (exact) mass is 294 g/mol. The summed E-state index contributed by atoms with van der Waals surface area (Å²) in [6.45, 7) is 7.15. The molecule has 6 heteroatoms. The van der Waals surface area contributed by atoms with Crippen molar-refractivity contribution in [2.45, 2.75) is 39.3 Å². The van der Waals surface area contributed by atoms with E-state index in [0.29, 0.717) is 19.8 Å². The number of fused-ring (bicyclic) bond motifs is 1. The zero-order valence-corrected chi connectivity index (χ0v) is 12.7. The Morgan fingerprint density at radius 1 is 1.29 bits per heavy atom. The fraction of sp³-hybridized carbons (Fsp3) is 0.533. The number of para-hydroxylation sites is 1. The summed E-state index contributed by atoms with van der Waals surface area (Å²) in [5.41, 5.74) is 5.74. The van der Waals surface area contributed by atoms with Crippen molar-refractivity contribution in [3.8, 4) is 11.5 Å². The molecular formula is C15H22N2O4. The molecule has 0 fully saturated rings. The maximum absolute atomic E-state index is 11.5. The first kappa shape index (κ1) is 15.4. The van der Waals surface area contributed by atoms with Gasteiger partial charge in [0.2, 0.25) is 0 Å². The van der Waals surface area contributed by atoms with Crippen LogP contribution in [0.5, 0.6) is 11.5 Å². The van der Waals surface area contributed by atoms with E-state index in [1.165, 1.54) is 0 Å². The van der Waals surface area contributed by atoms with E-state index in [1.54, 1.807) is 0 Å². The number of ether oxygens (including phenoxy) is 3. The smallest absolute Gasteiger partial charge is 0.422 e. The van der Waals surface area contributed by atoms with Gasteiger partial charge in [0, 0.05) is 18.5 Å². The Labute approximate surface area is 124 Å². The molecule has 1 amide bonds. The average Bonchev–Trinajstić information content (AvgIpc) is 2.62. The SMILES string of the molecule is CC(C)(C)OC(=O)NNCc1cccc2c1OCCCO2. The van der Waals surface area contributed by atoms with Crippen LogP contribution in [0.4, 0.5) is 4.79 Å². The molecule has 1 aliphatic heterocycles. The van der Waals surface area contributed by atoms with Gasteiger partial charge in [0.25, 0.3) is 0 Å². The van der Waals surface area contributed by atoms with Crippen molar-refractivity contribution in [1.82, 2.24) is 10.9 Å². The van der Waals surface area contributed by atoms with Crippen molar-refractivity contribution in [1.29, 1.82) is 0 Å². The van der Waals surface area contributed by atoms with Gasteiger partial charge in [0.15, 0.2) is 11.5 Å². The van der Waals surface area contributed by atoms with Gasteiger partial charge in [-0.1, -0.05) is 12.1 Å². The van der Waals surface area contributed by atoms with Gasteiger partial charge < -0.3 is 14.2 Å². The molecule has 2 N–H and O–H groups in total. The topological polar surface area (TPSA) is 68.8 Å². The van der Waals surface area contributed by atoms with Crippen molar-refractivity contribution < 1.29 is 19.0 Å². The van der Waals surface area contributed by atoms with Crippen LogP contribution in [0.2, 0.25) is 0 Å². The number of hydrogen-bond donors (Lipinski definition) is 2. The maximum atomic E-state index is 11.5. The lowest BCUT2D eigenvalue weighted by molar-refractivity contribution is 0.0496. The van der Waals surface area contributed by atoms with E-state index in [9.17, 15) is 4.79 Å². The second kappa shape index (κ2) is 6.67. The quantitative estimate of drug-likeness (QED) is 0.838. The molecule has 0 saturated heterocycles. The molecule has 0 radical (unpaired) electrons. The lowest BCUT2D eigenvalue weighted by Crippen LogP contribution is -2.40. The molecule has 6 nitrogen and oxygen atoms in total. The molecule has 0 unspecified atom stereocenters. The van der Waals surface area contributed by atoms with E-state index < -0.39 is 11.7 Å². The summed E-state index contributed by atoms with van der Waals surface area (Å²) < 4.78 is 16.5. The zero-order chi connectivity index (χ0) is 15.3. The third-order valence-electron chi connectivity index (χ3n) is 2.72. The van der Waals surface area contributed by atoms with Gasteiger partial charge in [-0.05, 0) is 26.8 Å². The number of carbonyl (C=O) groups is 1. The van der Waals surface area contributed by atoms with Crippen molar-refractivity contribution in [3.05, 3.63) is 23.8 Å². The Hall–Kier alpha value is -1.95. The Bertz CT molecular complexity index is 497. The van der Waals surface area contributed by atoms with E-state index in [4.69, 9.17) is 14.2 Å². The Kier molecular flexibility index (Phi) is 4.90. The first-order valence-electron chi connectivity index (χ1n) is 7.05. The van der Waals surface area contributed by atoms with Crippen LogP contribution in [0, 0.1) is 0 Å². The van der Waals surface area contributed by atoms with E-state index in [-0.39, 0.29) is 0 Å². The minimum absolute atomic E-state index is 0.422. The third kappa shape index (κ3) is 4.82. The molecule has 0 aliphatic carbocycles. The largest absolute Gasteiger partial charge is 0.490 e. The Morgan fingerprint density at radius 3 is 2.81 bits per heavy atom. The Balaban J connectivity index is 1.90. The van der Waals surface area contributed by atoms with Gasteiger partial charge in [0.05, 0.1) is 13.2 Å². The van der Waals surface area contributed by atoms with Crippen LogP contribution in [0.15, 0.2) is 18.2 Å². The van der Waals surface area contributed by atoms with Crippen LogP contribution in [0.1, 0.15) is 32.8 Å². The predicted octanol–water partition coefficient (Wildman–Crippen LogP) is 2.38. The lowest BCUT2D eigenvalue weighted by atomic mass is 10.2. The number of amides is 1. The van der Waals surface area contributed by atoms with Gasteiger partial charge in [0.1, 0.15) is 5.60 Å². The van der Waals surface area contributed by atoms with Crippen LogP contribution in [-0.2, 0) is 11.3 Å². The molecular weight excluding hydrogens is 272 g/mol. The Morgan fingerprint density at radius 2 is 2.05 bits per heavy atom. The third-order valence-corrected chi connectivity index (χ3v) is 2.72. The van der Waals surface area contributed by atoms with Crippen LogP contribution >= 0.6 is 0 Å². The van der Waals surface area contributed by atoms with E-state index >= 15 is 0 Å². The van der Waals surface area contributed by atoms with Gasteiger partial charge >= 0.3 is 6.09 Å². The van der Waals surface area contributed by atoms with E-state index in [1.807, 2.05) is 39.0 Å². The molecule has 0 saturated carbocycles. The molecule has 2 rings (SSSR count). The van der Waals surface area contributed by atoms with Gasteiger partial charge in [-0.25, -0.2) is 10.2 Å². The van der Waals surface area contributed by atoms with Crippen molar-refractivity contribution >= 4 is 6.09 Å². The molecule has 21 heavy (non-hydrogen) atoms. The van der Waals surface area contributed by atoms with Crippen molar-refractivity contribution in [2.75, 3.05) is 13.2 Å². The highest BCUT2D eigenvalue weighted by molar-refractivity contribution is 5.67. The average molecular weight is 294 g/mol. The lowest BCUT2D eigenvalue weighted by Gasteiger charge is -2.20. The number of benzene rings is 1. The summed E-state index contributed by atoms with van der Waals surface area (Å²) >= 11 is 0. The molecule has 1 aromatic rings. The maximum Gasteiger partial charge on any atom is 0.422 e. The first-order valence-corrected chi connectivity index (χ1v) is 7.05. The number of carbonyl (C=O) groups excluding carboxylic acids is 1. The zero-order valence-electron chi connectivity index (χ0n) is 12.7. The van der Waals surface area contributed by atoms with Crippen LogP contribution in [-0.4, -0.2) is 24.9 Å². The molecule has 0 atom stereocenters.